The van der Waals surface area contributed by atoms with E-state index >= 15 is 4.39 Å². The number of halogens is 1. The van der Waals surface area contributed by atoms with E-state index in [-0.39, 0.29) is 23.7 Å². The molecule has 0 bridgehead atoms. The predicted molar refractivity (Wildman–Crippen MR) is 145 cm³/mol. The van der Waals surface area contributed by atoms with E-state index in [0.717, 1.165) is 48.1 Å². The van der Waals surface area contributed by atoms with Crippen LogP contribution in [0, 0.1) is 17.7 Å². The maximum atomic E-state index is 15.6. The van der Waals surface area contributed by atoms with Gasteiger partial charge in [0, 0.05) is 37.9 Å². The molecule has 3 aliphatic rings. The molecule has 38 heavy (non-hydrogen) atoms. The summed E-state index contributed by atoms with van der Waals surface area (Å²) in [5.41, 5.74) is 3.17. The second kappa shape index (κ2) is 9.46. The van der Waals surface area contributed by atoms with E-state index in [1.807, 2.05) is 47.4 Å². The number of carbonyl (C=O) groups is 2. The van der Waals surface area contributed by atoms with Crippen molar-refractivity contribution in [1.82, 2.24) is 14.8 Å². The van der Waals surface area contributed by atoms with E-state index in [9.17, 15) is 9.59 Å². The van der Waals surface area contributed by atoms with Crippen molar-refractivity contribution in [2.24, 2.45) is 16.8 Å². The highest BCUT2D eigenvalue weighted by Crippen LogP contribution is 2.34. The first kappa shape index (κ1) is 24.5. The van der Waals surface area contributed by atoms with Crippen LogP contribution in [0.25, 0.3) is 22.3 Å². The molecule has 194 valence electrons. The molecule has 0 spiro atoms. The monoisotopic (exact) mass is 510 g/mol. The third-order valence-electron chi connectivity index (χ3n) is 7.82. The molecule has 2 fully saturated rings. The third-order valence-corrected chi connectivity index (χ3v) is 7.82. The average molecular weight is 511 g/mol. The zero-order valence-electron chi connectivity index (χ0n) is 21.7. The Balaban J connectivity index is 1.22. The molecule has 1 unspecified atom stereocenters. The molecule has 1 saturated heterocycles. The summed E-state index contributed by atoms with van der Waals surface area (Å²) in [7, 11) is 0. The number of hydrogen-bond acceptors (Lipinski definition) is 4. The number of nitrogens with zero attached hydrogens (tertiary/aromatic N) is 4. The summed E-state index contributed by atoms with van der Waals surface area (Å²) < 4.78 is 15.6. The van der Waals surface area contributed by atoms with Crippen molar-refractivity contribution in [1.29, 1.82) is 0 Å². The van der Waals surface area contributed by atoms with Crippen LogP contribution < -0.4 is 0 Å². The van der Waals surface area contributed by atoms with Gasteiger partial charge in [0.15, 0.2) is 0 Å². The number of aromatic nitrogens is 1. The van der Waals surface area contributed by atoms with Crippen molar-refractivity contribution in [2.45, 2.75) is 38.6 Å². The van der Waals surface area contributed by atoms with Crippen molar-refractivity contribution in [2.75, 3.05) is 19.6 Å². The lowest BCUT2D eigenvalue weighted by Crippen LogP contribution is -2.43. The first-order chi connectivity index (χ1) is 18.3. The molecule has 0 radical (unpaired) electrons. The van der Waals surface area contributed by atoms with Crippen LogP contribution in [0.1, 0.15) is 38.7 Å². The maximum Gasteiger partial charge on any atom is 0.255 e. The molecule has 2 aliphatic heterocycles. The predicted octanol–water partition coefficient (Wildman–Crippen LogP) is 5.18. The third kappa shape index (κ3) is 4.62. The van der Waals surface area contributed by atoms with Crippen molar-refractivity contribution in [3.05, 3.63) is 78.4 Å². The van der Waals surface area contributed by atoms with E-state index in [1.54, 1.807) is 37.2 Å². The van der Waals surface area contributed by atoms with E-state index in [0.29, 0.717) is 24.5 Å². The second-order valence-corrected chi connectivity index (χ2v) is 11.1. The molecule has 1 aliphatic carbocycles. The highest BCUT2D eigenvalue weighted by molar-refractivity contribution is 6.15. The molecule has 1 saturated carbocycles. The fourth-order valence-electron chi connectivity index (χ4n) is 5.48. The SMILES string of the molecule is CC1(C)N=C(c2ccc(-c3ccc(-c4ccncc4)cc3)cc2F)N(CC2CCN(C(=O)C3CC3)C2)C1=O. The Morgan fingerprint density at radius 3 is 2.24 bits per heavy atom. The summed E-state index contributed by atoms with van der Waals surface area (Å²) in [6.07, 6.45) is 6.33. The molecule has 3 heterocycles. The summed E-state index contributed by atoms with van der Waals surface area (Å²) in [6.45, 7) is 5.34. The van der Waals surface area contributed by atoms with E-state index < -0.39 is 11.4 Å². The Bertz CT molecular complexity index is 1410. The van der Waals surface area contributed by atoms with Gasteiger partial charge in [-0.2, -0.15) is 0 Å². The molecule has 1 atom stereocenters. The molecule has 7 heteroatoms. The van der Waals surface area contributed by atoms with E-state index in [2.05, 4.69) is 9.98 Å². The van der Waals surface area contributed by atoms with Gasteiger partial charge in [-0.15, -0.1) is 0 Å². The van der Waals surface area contributed by atoms with Crippen LogP contribution in [0.5, 0.6) is 0 Å². The normalized spacial score (nSPS) is 20.7. The average Bonchev–Trinajstić information content (AvgIpc) is 3.63. The van der Waals surface area contributed by atoms with Crippen LogP contribution in [-0.2, 0) is 9.59 Å². The van der Waals surface area contributed by atoms with Crippen molar-refractivity contribution in [3.8, 4) is 22.3 Å². The molecule has 1 aromatic heterocycles. The van der Waals surface area contributed by atoms with Crippen molar-refractivity contribution < 1.29 is 14.0 Å². The van der Waals surface area contributed by atoms with Crippen LogP contribution in [-0.4, -0.2) is 57.6 Å². The number of rotatable bonds is 6. The number of benzene rings is 2. The van der Waals surface area contributed by atoms with Crippen LogP contribution in [0.3, 0.4) is 0 Å². The van der Waals surface area contributed by atoms with Crippen LogP contribution in [0.4, 0.5) is 4.39 Å². The Morgan fingerprint density at radius 1 is 0.947 bits per heavy atom. The van der Waals surface area contributed by atoms with Gasteiger partial charge >= 0.3 is 0 Å². The molecule has 3 aromatic rings. The lowest BCUT2D eigenvalue weighted by molar-refractivity contribution is -0.131. The van der Waals surface area contributed by atoms with Crippen LogP contribution >= 0.6 is 0 Å². The highest BCUT2D eigenvalue weighted by Gasteiger charge is 2.44. The van der Waals surface area contributed by atoms with Crippen LogP contribution in [0.2, 0.25) is 0 Å². The van der Waals surface area contributed by atoms with Gasteiger partial charge in [0.25, 0.3) is 5.91 Å². The molecule has 6 rings (SSSR count). The van der Waals surface area contributed by atoms with Gasteiger partial charge in [0.05, 0.1) is 5.56 Å². The Morgan fingerprint density at radius 2 is 1.58 bits per heavy atom. The summed E-state index contributed by atoms with van der Waals surface area (Å²) in [5, 5.41) is 0. The zero-order valence-corrected chi connectivity index (χ0v) is 21.7. The fourth-order valence-corrected chi connectivity index (χ4v) is 5.48. The lowest BCUT2D eigenvalue weighted by Gasteiger charge is -2.25. The Hall–Kier alpha value is -3.87. The van der Waals surface area contributed by atoms with Gasteiger partial charge in [0.1, 0.15) is 17.2 Å². The van der Waals surface area contributed by atoms with Gasteiger partial charge in [-0.25, -0.2) is 4.39 Å². The minimum absolute atomic E-state index is 0.130. The molecular weight excluding hydrogens is 479 g/mol. The van der Waals surface area contributed by atoms with Crippen molar-refractivity contribution >= 4 is 17.6 Å². The quantitative estimate of drug-likeness (QED) is 0.459. The van der Waals surface area contributed by atoms with E-state index in [4.69, 9.17) is 0 Å². The van der Waals surface area contributed by atoms with Gasteiger partial charge in [-0.05, 0) is 85.5 Å². The number of amidine groups is 1. The topological polar surface area (TPSA) is 65.9 Å². The lowest BCUT2D eigenvalue weighted by atomic mass is 9.99. The van der Waals surface area contributed by atoms with Crippen molar-refractivity contribution in [3.63, 3.8) is 0 Å². The fraction of sp³-hybridized carbons (Fsp3) is 0.355. The highest BCUT2D eigenvalue weighted by atomic mass is 19.1. The summed E-state index contributed by atoms with van der Waals surface area (Å²) in [5.74, 6) is 0.426. The number of hydrogen-bond donors (Lipinski definition) is 0. The zero-order chi connectivity index (χ0) is 26.4. The molecule has 2 aromatic carbocycles. The van der Waals surface area contributed by atoms with Gasteiger partial charge in [-0.3, -0.25) is 24.5 Å². The molecular formula is C31H31FN4O2. The Labute approximate surface area is 222 Å². The summed E-state index contributed by atoms with van der Waals surface area (Å²) >= 11 is 0. The van der Waals surface area contributed by atoms with Gasteiger partial charge in [-0.1, -0.05) is 30.3 Å². The second-order valence-electron chi connectivity index (χ2n) is 11.1. The molecule has 0 N–H and O–H groups in total. The largest absolute Gasteiger partial charge is 0.342 e. The van der Waals surface area contributed by atoms with Gasteiger partial charge < -0.3 is 4.90 Å². The number of carbonyl (C=O) groups excluding carboxylic acids is 2. The first-order valence-corrected chi connectivity index (χ1v) is 13.3. The minimum atomic E-state index is -0.953. The number of likely N-dealkylation sites (tertiary alicyclic amines) is 1. The minimum Gasteiger partial charge on any atom is -0.342 e. The Kier molecular flexibility index (Phi) is 6.09. The maximum absolute atomic E-state index is 15.6. The molecule has 6 nitrogen and oxygen atoms in total. The number of amides is 2. The first-order valence-electron chi connectivity index (χ1n) is 13.3. The van der Waals surface area contributed by atoms with Crippen LogP contribution in [0.15, 0.2) is 72.0 Å². The molecule has 2 amide bonds. The van der Waals surface area contributed by atoms with Gasteiger partial charge in [0.2, 0.25) is 5.91 Å². The van der Waals surface area contributed by atoms with E-state index in [1.165, 1.54) is 6.07 Å². The summed E-state index contributed by atoms with van der Waals surface area (Å²) in [6, 6.07) is 17.0. The smallest absolute Gasteiger partial charge is 0.255 e. The number of pyridine rings is 1. The summed E-state index contributed by atoms with van der Waals surface area (Å²) in [4.78, 5) is 38.1. The number of aliphatic imine (C=N–C) groups is 1. The standard InChI is InChI=1S/C31H31FN4O2/c1-31(2)30(38)36(19-20-13-16-35(18-20)29(37)24-7-8-24)28(34-31)26-10-9-25(17-27(26)32)22-5-3-21(4-6-22)23-11-14-33-15-12-23/h3-6,9-12,14-15,17,20,24H,7-8,13,16,18-19H2,1-2H3.